The van der Waals surface area contributed by atoms with Gasteiger partial charge in [-0.1, -0.05) is 26.8 Å². The number of hydrogen-bond acceptors (Lipinski definition) is 6. The molecule has 4 amide bonds. The number of anilines is 3. The van der Waals surface area contributed by atoms with Crippen molar-refractivity contribution in [1.82, 2.24) is 5.32 Å². The number of sulfonamides is 1. The Morgan fingerprint density at radius 3 is 2.38 bits per heavy atom. The van der Waals surface area contributed by atoms with E-state index in [1.165, 1.54) is 23.6 Å². The quantitative estimate of drug-likeness (QED) is 0.504. The van der Waals surface area contributed by atoms with Crippen molar-refractivity contribution >= 4 is 44.9 Å². The molecule has 10 nitrogen and oxygen atoms in total. The number of methoxy groups -OCH3 is 1. The number of urea groups is 1. The number of amides is 4. The van der Waals surface area contributed by atoms with E-state index in [9.17, 15) is 22.8 Å². The molecule has 2 aromatic rings. The molecule has 0 atom stereocenters. The molecule has 0 spiro atoms. The number of benzene rings is 2. The maximum atomic E-state index is 13.4. The lowest BCUT2D eigenvalue weighted by Crippen LogP contribution is -2.50. The molecule has 2 N–H and O–H groups in total. The van der Waals surface area contributed by atoms with E-state index in [4.69, 9.17) is 4.74 Å². The molecule has 0 aliphatic carbocycles. The molecule has 0 unspecified atom stereocenters. The van der Waals surface area contributed by atoms with E-state index < -0.39 is 27.4 Å². The molecule has 37 heavy (non-hydrogen) atoms. The second-order valence-electron chi connectivity index (χ2n) is 9.62. The summed E-state index contributed by atoms with van der Waals surface area (Å²) in [6, 6.07) is 8.89. The maximum absolute atomic E-state index is 13.4. The summed E-state index contributed by atoms with van der Waals surface area (Å²) in [4.78, 5) is 39.6. The molecule has 0 radical (unpaired) electrons. The molecule has 1 saturated heterocycles. The fraction of sp³-hybridized carbons (Fsp3) is 0.346. The Labute approximate surface area is 217 Å². The van der Waals surface area contributed by atoms with Crippen LogP contribution in [-0.2, 0) is 20.2 Å². The van der Waals surface area contributed by atoms with Gasteiger partial charge in [-0.15, -0.1) is 6.58 Å². The van der Waals surface area contributed by atoms with E-state index in [0.29, 0.717) is 22.7 Å². The van der Waals surface area contributed by atoms with Crippen molar-refractivity contribution in [3.8, 4) is 5.75 Å². The molecule has 3 rings (SSSR count). The number of nitrogens with one attached hydrogen (secondary N) is 2. The van der Waals surface area contributed by atoms with E-state index in [0.717, 1.165) is 11.2 Å². The molecular formula is C26H32N4O6S. The lowest BCUT2D eigenvalue weighted by Gasteiger charge is -2.30. The predicted molar refractivity (Wildman–Crippen MR) is 144 cm³/mol. The summed E-state index contributed by atoms with van der Waals surface area (Å²) in [5.41, 5.74) is 1.41. The second-order valence-corrected chi connectivity index (χ2v) is 11.5. The van der Waals surface area contributed by atoms with Crippen LogP contribution in [-0.4, -0.2) is 52.7 Å². The second kappa shape index (κ2) is 10.6. The summed E-state index contributed by atoms with van der Waals surface area (Å²) >= 11 is 0. The Balaban J connectivity index is 2.02. The highest BCUT2D eigenvalue weighted by Crippen LogP contribution is 2.38. The molecule has 1 aliphatic rings. The SMILES string of the molecule is C=CCN(c1ccc(NC(=O)c2cc(N3C(=O)CCNC3=O)cc(C(C)(C)C)c2OC)cc1)S(C)(=O)=O. The highest BCUT2D eigenvalue weighted by atomic mass is 32.2. The van der Waals surface area contributed by atoms with E-state index >= 15 is 0 Å². The van der Waals surface area contributed by atoms with Gasteiger partial charge in [0.25, 0.3) is 5.91 Å². The Kier molecular flexibility index (Phi) is 7.97. The minimum Gasteiger partial charge on any atom is -0.496 e. The molecule has 198 valence electrons. The summed E-state index contributed by atoms with van der Waals surface area (Å²) in [7, 11) is -2.07. The van der Waals surface area contributed by atoms with E-state index in [-0.39, 0.29) is 36.7 Å². The van der Waals surface area contributed by atoms with Crippen LogP contribution in [0, 0.1) is 0 Å². The van der Waals surface area contributed by atoms with Crippen molar-refractivity contribution in [2.45, 2.75) is 32.6 Å². The van der Waals surface area contributed by atoms with Gasteiger partial charge in [0.05, 0.1) is 36.8 Å². The molecular weight excluding hydrogens is 496 g/mol. The van der Waals surface area contributed by atoms with Crippen LogP contribution in [0.15, 0.2) is 49.1 Å². The number of carbonyl (C=O) groups excluding carboxylic acids is 3. The third kappa shape index (κ3) is 6.11. The number of nitrogens with zero attached hydrogens (tertiary/aromatic N) is 2. The van der Waals surface area contributed by atoms with Crippen LogP contribution in [0.25, 0.3) is 0 Å². The van der Waals surface area contributed by atoms with Crippen molar-refractivity contribution in [3.05, 3.63) is 60.2 Å². The van der Waals surface area contributed by atoms with Crippen molar-refractivity contribution in [3.63, 3.8) is 0 Å². The van der Waals surface area contributed by atoms with Crippen LogP contribution in [0.3, 0.4) is 0 Å². The van der Waals surface area contributed by atoms with Gasteiger partial charge in [0.15, 0.2) is 0 Å². The topological polar surface area (TPSA) is 125 Å². The summed E-state index contributed by atoms with van der Waals surface area (Å²) in [5.74, 6) is -0.567. The van der Waals surface area contributed by atoms with Crippen molar-refractivity contribution in [2.24, 2.45) is 0 Å². The zero-order chi connectivity index (χ0) is 27.5. The van der Waals surface area contributed by atoms with Crippen LogP contribution in [0.5, 0.6) is 5.75 Å². The molecule has 1 heterocycles. The van der Waals surface area contributed by atoms with Gasteiger partial charge >= 0.3 is 6.03 Å². The van der Waals surface area contributed by atoms with Crippen molar-refractivity contribution in [2.75, 3.05) is 41.0 Å². The molecule has 2 aromatic carbocycles. The lowest BCUT2D eigenvalue weighted by molar-refractivity contribution is -0.118. The highest BCUT2D eigenvalue weighted by Gasteiger charge is 2.32. The van der Waals surface area contributed by atoms with Gasteiger partial charge in [-0.05, 0) is 41.8 Å². The Bertz CT molecular complexity index is 1310. The Hall–Kier alpha value is -3.86. The summed E-state index contributed by atoms with van der Waals surface area (Å²) in [5, 5.41) is 5.44. The van der Waals surface area contributed by atoms with Crippen LogP contribution in [0.1, 0.15) is 43.1 Å². The lowest BCUT2D eigenvalue weighted by atomic mass is 9.84. The third-order valence-corrected chi connectivity index (χ3v) is 6.93. The summed E-state index contributed by atoms with van der Waals surface area (Å²) in [6.07, 6.45) is 2.73. The van der Waals surface area contributed by atoms with Crippen LogP contribution >= 0.6 is 0 Å². The third-order valence-electron chi connectivity index (χ3n) is 5.76. The number of ether oxygens (including phenoxy) is 1. The average molecular weight is 529 g/mol. The van der Waals surface area contributed by atoms with Crippen LogP contribution < -0.4 is 24.6 Å². The molecule has 0 saturated carbocycles. The minimum atomic E-state index is -3.52. The zero-order valence-corrected chi connectivity index (χ0v) is 22.4. The molecule has 1 fully saturated rings. The first-order valence-corrected chi connectivity index (χ1v) is 13.5. The number of hydrogen-bond donors (Lipinski definition) is 2. The summed E-state index contributed by atoms with van der Waals surface area (Å²) in [6.45, 7) is 9.76. The van der Waals surface area contributed by atoms with Gasteiger partial charge in [0.2, 0.25) is 15.9 Å². The van der Waals surface area contributed by atoms with Crippen LogP contribution in [0.4, 0.5) is 21.9 Å². The van der Waals surface area contributed by atoms with E-state index in [2.05, 4.69) is 17.2 Å². The van der Waals surface area contributed by atoms with Crippen LogP contribution in [0.2, 0.25) is 0 Å². The zero-order valence-electron chi connectivity index (χ0n) is 21.6. The molecule has 0 aromatic heterocycles. The monoisotopic (exact) mass is 528 g/mol. The number of imide groups is 1. The first kappa shape index (κ1) is 27.7. The van der Waals surface area contributed by atoms with Crippen molar-refractivity contribution in [1.29, 1.82) is 0 Å². The Morgan fingerprint density at radius 1 is 1.22 bits per heavy atom. The summed E-state index contributed by atoms with van der Waals surface area (Å²) < 4.78 is 31.0. The number of rotatable bonds is 8. The Morgan fingerprint density at radius 2 is 1.86 bits per heavy atom. The molecule has 11 heteroatoms. The first-order valence-electron chi connectivity index (χ1n) is 11.6. The standard InChI is InChI=1S/C26H32N4O6S/c1-7-14-29(37(6,34)35)18-10-8-17(9-11-18)28-24(32)20-15-19(30-22(31)12-13-27-25(30)33)16-21(23(20)36-5)26(2,3)4/h7-11,15-16H,1,12-14H2,2-6H3,(H,27,33)(H,28,32). The van der Waals surface area contributed by atoms with E-state index in [1.807, 2.05) is 20.8 Å². The van der Waals surface area contributed by atoms with Gasteiger partial charge in [-0.25, -0.2) is 18.1 Å². The fourth-order valence-corrected chi connectivity index (χ4v) is 4.87. The van der Waals surface area contributed by atoms with Gasteiger partial charge in [0.1, 0.15) is 5.75 Å². The first-order chi connectivity index (χ1) is 17.3. The maximum Gasteiger partial charge on any atom is 0.328 e. The highest BCUT2D eigenvalue weighted by molar-refractivity contribution is 7.92. The predicted octanol–water partition coefficient (Wildman–Crippen LogP) is 3.64. The normalized spacial score (nSPS) is 14.1. The molecule has 1 aliphatic heterocycles. The van der Waals surface area contributed by atoms with Gasteiger partial charge in [-0.3, -0.25) is 13.9 Å². The van der Waals surface area contributed by atoms with Crippen molar-refractivity contribution < 1.29 is 27.5 Å². The van der Waals surface area contributed by atoms with Gasteiger partial charge < -0.3 is 15.4 Å². The smallest absolute Gasteiger partial charge is 0.328 e. The average Bonchev–Trinajstić information content (AvgIpc) is 2.81. The van der Waals surface area contributed by atoms with Gasteiger partial charge in [0, 0.05) is 24.2 Å². The molecule has 0 bridgehead atoms. The fourth-order valence-electron chi connectivity index (χ4n) is 3.99. The largest absolute Gasteiger partial charge is 0.496 e. The van der Waals surface area contributed by atoms with E-state index in [1.54, 1.807) is 30.3 Å². The number of carbonyl (C=O) groups is 3. The van der Waals surface area contributed by atoms with Gasteiger partial charge in [-0.2, -0.15) is 0 Å². The minimum absolute atomic E-state index is 0.104.